The average molecular weight is 497 g/mol. The molecular formula is C30H48N4O2. The SMILES string of the molecule is C=C(C(CC(=C)C(C)(C)C)c1ccc(NC(=O)[C@@H](C)CCCN(C)C(C)=O)cc1)N1CCN(C)CC1. The summed E-state index contributed by atoms with van der Waals surface area (Å²) in [5.74, 6) is 0.0894. The van der Waals surface area contributed by atoms with Gasteiger partial charge in [-0.15, -0.1) is 0 Å². The first kappa shape index (κ1) is 29.6. The molecule has 1 N–H and O–H groups in total. The van der Waals surface area contributed by atoms with Crippen LogP contribution in [-0.4, -0.2) is 73.3 Å². The summed E-state index contributed by atoms with van der Waals surface area (Å²) in [6.45, 7) is 23.8. The molecule has 1 unspecified atom stereocenters. The summed E-state index contributed by atoms with van der Waals surface area (Å²) >= 11 is 0. The third-order valence-corrected chi connectivity index (χ3v) is 7.52. The second-order valence-electron chi connectivity index (χ2n) is 11.5. The molecule has 1 fully saturated rings. The Morgan fingerprint density at radius 1 is 1.08 bits per heavy atom. The summed E-state index contributed by atoms with van der Waals surface area (Å²) in [5.41, 5.74) is 4.39. The molecule has 6 nitrogen and oxygen atoms in total. The van der Waals surface area contributed by atoms with Gasteiger partial charge in [0.2, 0.25) is 11.8 Å². The van der Waals surface area contributed by atoms with Crippen molar-refractivity contribution in [3.8, 4) is 0 Å². The predicted molar refractivity (Wildman–Crippen MR) is 151 cm³/mol. The maximum absolute atomic E-state index is 12.7. The molecule has 0 aromatic heterocycles. The first-order chi connectivity index (χ1) is 16.8. The Hall–Kier alpha value is -2.60. The van der Waals surface area contributed by atoms with Gasteiger partial charge in [-0.2, -0.15) is 0 Å². The van der Waals surface area contributed by atoms with E-state index in [4.69, 9.17) is 0 Å². The minimum atomic E-state index is -0.120. The summed E-state index contributed by atoms with van der Waals surface area (Å²) in [6, 6.07) is 8.22. The lowest BCUT2D eigenvalue weighted by atomic mass is 9.79. The Morgan fingerprint density at radius 3 is 2.19 bits per heavy atom. The fourth-order valence-electron chi connectivity index (χ4n) is 4.28. The normalized spacial score (nSPS) is 16.2. The molecule has 1 heterocycles. The average Bonchev–Trinajstić information content (AvgIpc) is 2.82. The van der Waals surface area contributed by atoms with Crippen molar-refractivity contribution in [3.05, 3.63) is 54.3 Å². The van der Waals surface area contributed by atoms with Crippen LogP contribution in [0.4, 0.5) is 5.69 Å². The number of anilines is 1. The molecule has 2 amide bonds. The zero-order valence-corrected chi connectivity index (χ0v) is 23.7. The first-order valence-corrected chi connectivity index (χ1v) is 13.2. The smallest absolute Gasteiger partial charge is 0.227 e. The molecule has 1 aromatic carbocycles. The number of hydrogen-bond acceptors (Lipinski definition) is 4. The van der Waals surface area contributed by atoms with Crippen LogP contribution in [0.2, 0.25) is 0 Å². The van der Waals surface area contributed by atoms with Crippen molar-refractivity contribution in [1.82, 2.24) is 14.7 Å². The summed E-state index contributed by atoms with van der Waals surface area (Å²) in [6.07, 6.45) is 2.40. The second-order valence-corrected chi connectivity index (χ2v) is 11.5. The number of benzene rings is 1. The molecule has 1 aliphatic rings. The van der Waals surface area contributed by atoms with Gasteiger partial charge in [0.1, 0.15) is 0 Å². The highest BCUT2D eigenvalue weighted by atomic mass is 16.2. The number of amides is 2. The Labute approximate surface area is 219 Å². The van der Waals surface area contributed by atoms with Gasteiger partial charge >= 0.3 is 0 Å². The number of allylic oxidation sites excluding steroid dienone is 2. The highest BCUT2D eigenvalue weighted by Gasteiger charge is 2.27. The summed E-state index contributed by atoms with van der Waals surface area (Å²) in [5, 5.41) is 3.06. The van der Waals surface area contributed by atoms with E-state index >= 15 is 0 Å². The van der Waals surface area contributed by atoms with Gasteiger partial charge in [-0.3, -0.25) is 9.59 Å². The van der Waals surface area contributed by atoms with Gasteiger partial charge in [0.15, 0.2) is 0 Å². The van der Waals surface area contributed by atoms with Gasteiger partial charge in [-0.1, -0.05) is 58.6 Å². The number of hydrogen-bond donors (Lipinski definition) is 1. The summed E-state index contributed by atoms with van der Waals surface area (Å²) < 4.78 is 0. The largest absolute Gasteiger partial charge is 0.372 e. The van der Waals surface area contributed by atoms with Crippen LogP contribution in [0.15, 0.2) is 48.7 Å². The zero-order chi connectivity index (χ0) is 27.0. The van der Waals surface area contributed by atoms with E-state index in [1.807, 2.05) is 19.1 Å². The van der Waals surface area contributed by atoms with Crippen molar-refractivity contribution in [2.45, 2.75) is 59.8 Å². The van der Waals surface area contributed by atoms with Crippen LogP contribution in [0.5, 0.6) is 0 Å². The molecule has 1 aromatic rings. The monoisotopic (exact) mass is 496 g/mol. The fraction of sp³-hybridized carbons (Fsp3) is 0.600. The third-order valence-electron chi connectivity index (χ3n) is 7.52. The van der Waals surface area contributed by atoms with Crippen LogP contribution >= 0.6 is 0 Å². The van der Waals surface area contributed by atoms with E-state index < -0.39 is 0 Å². The number of piperazine rings is 1. The van der Waals surface area contributed by atoms with Crippen LogP contribution in [0.25, 0.3) is 0 Å². The number of nitrogens with one attached hydrogen (secondary N) is 1. The molecule has 2 atom stereocenters. The lowest BCUT2D eigenvalue weighted by molar-refractivity contribution is -0.127. The maximum atomic E-state index is 12.7. The van der Waals surface area contributed by atoms with E-state index in [-0.39, 0.29) is 29.1 Å². The van der Waals surface area contributed by atoms with Crippen molar-refractivity contribution in [2.75, 3.05) is 52.1 Å². The quantitative estimate of drug-likeness (QED) is 0.419. The van der Waals surface area contributed by atoms with Gasteiger partial charge in [0.05, 0.1) is 0 Å². The van der Waals surface area contributed by atoms with Gasteiger partial charge < -0.3 is 20.0 Å². The summed E-state index contributed by atoms with van der Waals surface area (Å²) in [4.78, 5) is 30.5. The third kappa shape index (κ3) is 8.81. The van der Waals surface area contributed by atoms with E-state index in [1.165, 1.54) is 11.1 Å². The van der Waals surface area contributed by atoms with Crippen LogP contribution < -0.4 is 5.32 Å². The number of carbonyl (C=O) groups excluding carboxylic acids is 2. The molecule has 0 saturated carbocycles. The maximum Gasteiger partial charge on any atom is 0.227 e. The van der Waals surface area contributed by atoms with Crippen LogP contribution in [-0.2, 0) is 9.59 Å². The van der Waals surface area contributed by atoms with Crippen molar-refractivity contribution in [2.24, 2.45) is 11.3 Å². The highest BCUT2D eigenvalue weighted by Crippen LogP contribution is 2.38. The highest BCUT2D eigenvalue weighted by molar-refractivity contribution is 5.92. The fourth-order valence-corrected chi connectivity index (χ4v) is 4.28. The van der Waals surface area contributed by atoms with E-state index in [9.17, 15) is 9.59 Å². The zero-order valence-electron chi connectivity index (χ0n) is 23.7. The minimum absolute atomic E-state index is 0.00716. The Kier molecular flexibility index (Phi) is 10.8. The van der Waals surface area contributed by atoms with Crippen molar-refractivity contribution >= 4 is 17.5 Å². The molecule has 36 heavy (non-hydrogen) atoms. The first-order valence-electron chi connectivity index (χ1n) is 13.2. The molecular weight excluding hydrogens is 448 g/mol. The standard InChI is InChI=1S/C30H48N4O2/c1-22(11-10-16-33(9)25(4)35)29(36)31-27-14-12-26(13-15-27)28(21-23(2)30(5,6)7)24(3)34-19-17-32(8)18-20-34/h12-15,22,28H,2-3,10-11,16-21H2,1,4-9H3,(H,31,36)/t22-,28?/m0/s1. The van der Waals surface area contributed by atoms with Gasteiger partial charge in [0, 0.05) is 69.9 Å². The van der Waals surface area contributed by atoms with Crippen molar-refractivity contribution < 1.29 is 9.59 Å². The van der Waals surface area contributed by atoms with Crippen LogP contribution in [0.1, 0.15) is 65.4 Å². The van der Waals surface area contributed by atoms with E-state index in [0.29, 0.717) is 6.54 Å². The molecule has 0 radical (unpaired) electrons. The Morgan fingerprint density at radius 2 is 1.67 bits per heavy atom. The van der Waals surface area contributed by atoms with Gasteiger partial charge in [0.25, 0.3) is 0 Å². The van der Waals surface area contributed by atoms with E-state index in [1.54, 1.807) is 18.9 Å². The Bertz CT molecular complexity index is 908. The number of carbonyl (C=O) groups is 2. The molecule has 2 rings (SSSR count). The summed E-state index contributed by atoms with van der Waals surface area (Å²) in [7, 11) is 3.95. The topological polar surface area (TPSA) is 55.9 Å². The predicted octanol–water partition coefficient (Wildman–Crippen LogP) is 5.36. The molecule has 200 valence electrons. The number of nitrogens with zero attached hydrogens (tertiary/aromatic N) is 3. The lowest BCUT2D eigenvalue weighted by Gasteiger charge is -2.39. The Balaban J connectivity index is 2.07. The molecule has 0 bridgehead atoms. The van der Waals surface area contributed by atoms with E-state index in [0.717, 1.165) is 56.8 Å². The molecule has 1 aliphatic heterocycles. The minimum Gasteiger partial charge on any atom is -0.372 e. The molecule has 0 aliphatic carbocycles. The van der Waals surface area contributed by atoms with Gasteiger partial charge in [-0.05, 0) is 49.4 Å². The van der Waals surface area contributed by atoms with Crippen LogP contribution in [0, 0.1) is 11.3 Å². The van der Waals surface area contributed by atoms with Crippen LogP contribution in [0.3, 0.4) is 0 Å². The molecule has 6 heteroatoms. The number of rotatable bonds is 11. The van der Waals surface area contributed by atoms with Crippen molar-refractivity contribution in [1.29, 1.82) is 0 Å². The second kappa shape index (κ2) is 13.1. The molecule has 1 saturated heterocycles. The van der Waals surface area contributed by atoms with E-state index in [2.05, 4.69) is 68.2 Å². The molecule has 0 spiro atoms. The van der Waals surface area contributed by atoms with Crippen molar-refractivity contribution in [3.63, 3.8) is 0 Å². The van der Waals surface area contributed by atoms with Gasteiger partial charge in [-0.25, -0.2) is 0 Å². The number of likely N-dealkylation sites (N-methyl/N-ethyl adjacent to an activating group) is 1. The lowest BCUT2D eigenvalue weighted by Crippen LogP contribution is -2.44.